The predicted octanol–water partition coefficient (Wildman–Crippen LogP) is 3.08. The Labute approximate surface area is 154 Å². The van der Waals surface area contributed by atoms with Crippen molar-refractivity contribution in [3.05, 3.63) is 33.9 Å². The van der Waals surface area contributed by atoms with E-state index in [1.54, 1.807) is 32.9 Å². The minimum absolute atomic E-state index is 0.143. The van der Waals surface area contributed by atoms with Crippen molar-refractivity contribution >= 4 is 17.5 Å². The highest BCUT2D eigenvalue weighted by Gasteiger charge is 2.22. The molecule has 2 rings (SSSR count). The number of carbonyl (C=O) groups is 1. The number of benzene rings is 1. The molecule has 1 saturated heterocycles. The molecule has 0 aromatic heterocycles. The van der Waals surface area contributed by atoms with E-state index in [2.05, 4.69) is 22.0 Å². The summed E-state index contributed by atoms with van der Waals surface area (Å²) in [5.41, 5.74) is 0.270. The molecule has 1 aromatic carbocycles. The van der Waals surface area contributed by atoms with Gasteiger partial charge >= 0.3 is 6.09 Å². The first-order valence-corrected chi connectivity index (χ1v) is 8.90. The van der Waals surface area contributed by atoms with Gasteiger partial charge in [-0.05, 0) is 38.9 Å². The lowest BCUT2D eigenvalue weighted by Gasteiger charge is -2.34. The maximum absolute atomic E-state index is 12.0. The molecule has 144 valence electrons. The molecule has 1 aliphatic heterocycles. The minimum atomic E-state index is -0.700. The smallest absolute Gasteiger partial charge is 0.412 e. The summed E-state index contributed by atoms with van der Waals surface area (Å²) in [6.45, 7) is 13.1. The van der Waals surface area contributed by atoms with E-state index in [0.717, 1.165) is 38.3 Å². The average molecular weight is 364 g/mol. The standard InChI is InChI=1S/C18H28N4O4/c1-5-20-8-10-21(11-9-20)13-14-6-7-16(22(24)25)15(12-14)19-17(23)26-18(2,3)4/h6-7,12H,5,8-11,13H2,1-4H3,(H,19,23). The second kappa shape index (κ2) is 8.46. The number of carbonyl (C=O) groups excluding carboxylic acids is 1. The highest BCUT2D eigenvalue weighted by molar-refractivity contribution is 5.88. The number of likely N-dealkylation sites (N-methyl/N-ethyl adjacent to an activating group) is 1. The third-order valence-corrected chi connectivity index (χ3v) is 4.21. The van der Waals surface area contributed by atoms with Gasteiger partial charge in [0.2, 0.25) is 0 Å². The molecule has 1 aliphatic rings. The van der Waals surface area contributed by atoms with E-state index in [4.69, 9.17) is 4.74 Å². The molecule has 0 atom stereocenters. The topological polar surface area (TPSA) is 88.0 Å². The van der Waals surface area contributed by atoms with Crippen molar-refractivity contribution < 1.29 is 14.5 Å². The fraction of sp³-hybridized carbons (Fsp3) is 0.611. The number of anilines is 1. The van der Waals surface area contributed by atoms with Gasteiger partial charge < -0.3 is 9.64 Å². The SMILES string of the molecule is CCN1CCN(Cc2ccc([N+](=O)[O-])c(NC(=O)OC(C)(C)C)c2)CC1. The van der Waals surface area contributed by atoms with Gasteiger partial charge in [0.1, 0.15) is 11.3 Å². The number of amides is 1. The second-order valence-corrected chi connectivity index (χ2v) is 7.45. The number of nitro groups is 1. The Morgan fingerprint density at radius 1 is 1.23 bits per heavy atom. The number of hydrogen-bond acceptors (Lipinski definition) is 6. The number of nitrogens with one attached hydrogen (secondary N) is 1. The summed E-state index contributed by atoms with van der Waals surface area (Å²) in [5, 5.41) is 13.8. The molecular weight excluding hydrogens is 336 g/mol. The molecule has 1 heterocycles. The highest BCUT2D eigenvalue weighted by Crippen LogP contribution is 2.27. The summed E-state index contributed by atoms with van der Waals surface area (Å²) in [4.78, 5) is 27.5. The van der Waals surface area contributed by atoms with Gasteiger partial charge in [0.05, 0.1) is 4.92 Å². The van der Waals surface area contributed by atoms with Crippen molar-refractivity contribution in [2.45, 2.75) is 39.8 Å². The number of rotatable bonds is 5. The Hall–Kier alpha value is -2.19. The predicted molar refractivity (Wildman–Crippen MR) is 100 cm³/mol. The summed E-state index contributed by atoms with van der Waals surface area (Å²) in [7, 11) is 0. The minimum Gasteiger partial charge on any atom is -0.444 e. The Bertz CT molecular complexity index is 649. The largest absolute Gasteiger partial charge is 0.444 e. The van der Waals surface area contributed by atoms with Gasteiger partial charge in [-0.25, -0.2) is 4.79 Å². The van der Waals surface area contributed by atoms with Crippen LogP contribution in [0.4, 0.5) is 16.2 Å². The lowest BCUT2D eigenvalue weighted by Crippen LogP contribution is -2.45. The molecule has 0 spiro atoms. The van der Waals surface area contributed by atoms with Crippen LogP contribution < -0.4 is 5.32 Å². The van der Waals surface area contributed by atoms with E-state index >= 15 is 0 Å². The molecule has 0 radical (unpaired) electrons. The van der Waals surface area contributed by atoms with Gasteiger partial charge in [-0.15, -0.1) is 0 Å². The van der Waals surface area contributed by atoms with E-state index < -0.39 is 16.6 Å². The van der Waals surface area contributed by atoms with Crippen LogP contribution in [0.5, 0.6) is 0 Å². The number of nitrogens with zero attached hydrogens (tertiary/aromatic N) is 3. The van der Waals surface area contributed by atoms with Crippen molar-refractivity contribution in [1.29, 1.82) is 0 Å². The molecular formula is C18H28N4O4. The van der Waals surface area contributed by atoms with Crippen LogP contribution in [0, 0.1) is 10.1 Å². The Morgan fingerprint density at radius 3 is 2.38 bits per heavy atom. The first kappa shape index (κ1) is 20.1. The van der Waals surface area contributed by atoms with Crippen molar-refractivity contribution in [1.82, 2.24) is 9.80 Å². The third kappa shape index (κ3) is 5.96. The summed E-state index contributed by atoms with van der Waals surface area (Å²) < 4.78 is 5.20. The van der Waals surface area contributed by atoms with Crippen molar-refractivity contribution in [3.63, 3.8) is 0 Å². The number of piperazine rings is 1. The Morgan fingerprint density at radius 2 is 1.85 bits per heavy atom. The fourth-order valence-corrected chi connectivity index (χ4v) is 2.88. The summed E-state index contributed by atoms with van der Waals surface area (Å²) in [5.74, 6) is 0. The first-order chi connectivity index (χ1) is 12.2. The van der Waals surface area contributed by atoms with Crippen LogP contribution in [0.25, 0.3) is 0 Å². The molecule has 0 unspecified atom stereocenters. The fourth-order valence-electron chi connectivity index (χ4n) is 2.88. The maximum atomic E-state index is 12.0. The highest BCUT2D eigenvalue weighted by atomic mass is 16.6. The molecule has 0 bridgehead atoms. The van der Waals surface area contributed by atoms with Gasteiger partial charge in [-0.2, -0.15) is 0 Å². The lowest BCUT2D eigenvalue weighted by atomic mass is 10.1. The normalized spacial score (nSPS) is 16.3. The molecule has 1 fully saturated rings. The molecule has 1 aromatic rings. The van der Waals surface area contributed by atoms with Crippen LogP contribution in [0.1, 0.15) is 33.3 Å². The number of hydrogen-bond donors (Lipinski definition) is 1. The molecule has 0 aliphatic carbocycles. The van der Waals surface area contributed by atoms with Gasteiger partial charge in [-0.1, -0.05) is 13.0 Å². The van der Waals surface area contributed by atoms with Crippen molar-refractivity contribution in [2.24, 2.45) is 0 Å². The molecule has 8 nitrogen and oxygen atoms in total. The monoisotopic (exact) mass is 364 g/mol. The summed E-state index contributed by atoms with van der Waals surface area (Å²) >= 11 is 0. The van der Waals surface area contributed by atoms with Crippen LogP contribution in [-0.4, -0.2) is 59.1 Å². The third-order valence-electron chi connectivity index (χ3n) is 4.21. The summed E-state index contributed by atoms with van der Waals surface area (Å²) in [6.07, 6.45) is -0.700. The summed E-state index contributed by atoms with van der Waals surface area (Å²) in [6, 6.07) is 4.84. The first-order valence-electron chi connectivity index (χ1n) is 8.90. The zero-order valence-corrected chi connectivity index (χ0v) is 15.9. The Kier molecular flexibility index (Phi) is 6.55. The van der Waals surface area contributed by atoms with Gasteiger partial charge in [0.25, 0.3) is 5.69 Å². The van der Waals surface area contributed by atoms with E-state index in [1.165, 1.54) is 6.07 Å². The van der Waals surface area contributed by atoms with E-state index in [9.17, 15) is 14.9 Å². The zero-order valence-electron chi connectivity index (χ0n) is 15.9. The molecule has 8 heteroatoms. The molecule has 1 N–H and O–H groups in total. The van der Waals surface area contributed by atoms with Crippen molar-refractivity contribution in [2.75, 3.05) is 38.0 Å². The molecule has 1 amide bonds. The van der Waals surface area contributed by atoms with E-state index in [-0.39, 0.29) is 11.4 Å². The molecule has 26 heavy (non-hydrogen) atoms. The molecule has 0 saturated carbocycles. The van der Waals surface area contributed by atoms with E-state index in [1.807, 2.05) is 0 Å². The number of ether oxygens (including phenoxy) is 1. The average Bonchev–Trinajstić information content (AvgIpc) is 2.53. The zero-order chi connectivity index (χ0) is 19.3. The lowest BCUT2D eigenvalue weighted by molar-refractivity contribution is -0.383. The quantitative estimate of drug-likeness (QED) is 0.638. The van der Waals surface area contributed by atoms with Gasteiger partial charge in [0, 0.05) is 38.8 Å². The Balaban J connectivity index is 2.09. The van der Waals surface area contributed by atoms with Crippen LogP contribution in [-0.2, 0) is 11.3 Å². The van der Waals surface area contributed by atoms with Gasteiger partial charge in [-0.3, -0.25) is 20.3 Å². The van der Waals surface area contributed by atoms with Crippen LogP contribution in [0.3, 0.4) is 0 Å². The number of nitro benzene ring substituents is 1. The van der Waals surface area contributed by atoms with Gasteiger partial charge in [0.15, 0.2) is 0 Å². The van der Waals surface area contributed by atoms with Crippen LogP contribution in [0.15, 0.2) is 18.2 Å². The van der Waals surface area contributed by atoms with Crippen molar-refractivity contribution in [3.8, 4) is 0 Å². The van der Waals surface area contributed by atoms with Crippen LogP contribution >= 0.6 is 0 Å². The van der Waals surface area contributed by atoms with E-state index in [0.29, 0.717) is 6.54 Å². The van der Waals surface area contributed by atoms with Crippen LogP contribution in [0.2, 0.25) is 0 Å². The second-order valence-electron chi connectivity index (χ2n) is 7.45. The maximum Gasteiger partial charge on any atom is 0.412 e.